The van der Waals surface area contributed by atoms with E-state index in [9.17, 15) is 9.59 Å². The van der Waals surface area contributed by atoms with Gasteiger partial charge in [-0.3, -0.25) is 9.59 Å². The maximum atomic E-state index is 11.7. The van der Waals surface area contributed by atoms with Gasteiger partial charge in [0.2, 0.25) is 0 Å². The summed E-state index contributed by atoms with van der Waals surface area (Å²) in [4.78, 5) is 24.2. The molecule has 7 heteroatoms. The lowest BCUT2D eigenvalue weighted by atomic mass is 10.1. The molecule has 0 saturated carbocycles. The second kappa shape index (κ2) is 9.86. The van der Waals surface area contributed by atoms with E-state index in [0.29, 0.717) is 17.9 Å². The highest BCUT2D eigenvalue weighted by Gasteiger charge is 2.04. The van der Waals surface area contributed by atoms with Crippen molar-refractivity contribution in [3.8, 4) is 5.75 Å². The minimum absolute atomic E-state index is 0.00620. The topological polar surface area (TPSA) is 55.4 Å². The van der Waals surface area contributed by atoms with Gasteiger partial charge < -0.3 is 10.1 Å². The van der Waals surface area contributed by atoms with Crippen LogP contribution in [0.4, 0.5) is 0 Å². The Morgan fingerprint density at radius 2 is 1.96 bits per heavy atom. The van der Waals surface area contributed by atoms with E-state index in [0.717, 1.165) is 15.3 Å². The van der Waals surface area contributed by atoms with Crippen LogP contribution in [0.15, 0.2) is 40.2 Å². The molecule has 2 aromatic rings. The molecule has 0 radical (unpaired) electrons. The summed E-state index contributed by atoms with van der Waals surface area (Å²) in [6.07, 6.45) is 0. The molecule has 0 atom stereocenters. The predicted octanol–water partition coefficient (Wildman–Crippen LogP) is 4.14. The van der Waals surface area contributed by atoms with Crippen LogP contribution in [0.25, 0.3) is 0 Å². The normalized spacial score (nSPS) is 10.4. The summed E-state index contributed by atoms with van der Waals surface area (Å²) in [5, 5.41) is 2.83. The molecule has 0 aliphatic carbocycles. The summed E-state index contributed by atoms with van der Waals surface area (Å²) in [5.74, 6) is 2.24. The smallest absolute Gasteiger partial charge is 0.257 e. The number of carbonyl (C=O) groups is 2. The van der Waals surface area contributed by atoms with Crippen LogP contribution in [-0.2, 0) is 10.5 Å². The predicted molar refractivity (Wildman–Crippen MR) is 103 cm³/mol. The molecule has 0 unspecified atom stereocenters. The molecule has 4 nitrogen and oxygen atoms in total. The number of ether oxygens (including phenoxy) is 1. The fraction of sp³-hybridized carbons (Fsp3) is 0.294. The standard InChI is InChI=1S/C17H18BrNO3S2/c1-12(20)13-2-4-14(5-3-13)22-10-17(21)19-8-9-23-11-15-6-7-16(18)24-15/h2-7H,8-11H2,1H3,(H,19,21). The Bertz CT molecular complexity index is 685. The fourth-order valence-electron chi connectivity index (χ4n) is 1.85. The molecule has 1 N–H and O–H groups in total. The molecule has 1 aromatic carbocycles. The van der Waals surface area contributed by atoms with Crippen LogP contribution in [0.5, 0.6) is 5.75 Å². The quantitative estimate of drug-likeness (QED) is 0.482. The third-order valence-corrected chi connectivity index (χ3v) is 5.89. The molecule has 1 heterocycles. The lowest BCUT2D eigenvalue weighted by Crippen LogP contribution is -2.30. The van der Waals surface area contributed by atoms with Gasteiger partial charge in [0.25, 0.3) is 5.91 Å². The Balaban J connectivity index is 1.58. The van der Waals surface area contributed by atoms with Crippen molar-refractivity contribution in [2.45, 2.75) is 12.7 Å². The van der Waals surface area contributed by atoms with Crippen molar-refractivity contribution < 1.29 is 14.3 Å². The third kappa shape index (κ3) is 6.67. The fourth-order valence-corrected chi connectivity index (χ4v) is 4.30. The molecule has 128 valence electrons. The lowest BCUT2D eigenvalue weighted by Gasteiger charge is -2.07. The molecule has 1 amide bonds. The van der Waals surface area contributed by atoms with E-state index in [4.69, 9.17) is 4.74 Å². The Morgan fingerprint density at radius 3 is 2.58 bits per heavy atom. The summed E-state index contributed by atoms with van der Waals surface area (Å²) < 4.78 is 6.54. The number of hydrogen-bond donors (Lipinski definition) is 1. The summed E-state index contributed by atoms with van der Waals surface area (Å²) >= 11 is 6.95. The number of thioether (sulfide) groups is 1. The van der Waals surface area contributed by atoms with Crippen molar-refractivity contribution in [3.05, 3.63) is 50.6 Å². The Morgan fingerprint density at radius 1 is 1.21 bits per heavy atom. The third-order valence-electron chi connectivity index (χ3n) is 3.07. The van der Waals surface area contributed by atoms with E-state index >= 15 is 0 Å². The molecule has 0 bridgehead atoms. The van der Waals surface area contributed by atoms with Crippen LogP contribution in [0, 0.1) is 0 Å². The number of rotatable bonds is 9. The molecule has 0 aliphatic heterocycles. The van der Waals surface area contributed by atoms with E-state index in [1.807, 2.05) is 6.07 Å². The molecular formula is C17H18BrNO3S2. The number of ketones is 1. The molecule has 24 heavy (non-hydrogen) atoms. The van der Waals surface area contributed by atoms with Gasteiger partial charge in [-0.1, -0.05) is 0 Å². The van der Waals surface area contributed by atoms with Gasteiger partial charge in [0.05, 0.1) is 3.79 Å². The van der Waals surface area contributed by atoms with Crippen molar-refractivity contribution in [1.29, 1.82) is 0 Å². The zero-order valence-electron chi connectivity index (χ0n) is 13.2. The van der Waals surface area contributed by atoms with Gasteiger partial charge in [-0.05, 0) is 59.3 Å². The Hall–Kier alpha value is -1.31. The average Bonchev–Trinajstić information content (AvgIpc) is 2.98. The maximum absolute atomic E-state index is 11.7. The van der Waals surface area contributed by atoms with E-state index in [1.165, 1.54) is 11.8 Å². The van der Waals surface area contributed by atoms with E-state index < -0.39 is 0 Å². The van der Waals surface area contributed by atoms with Gasteiger partial charge in [-0.15, -0.1) is 11.3 Å². The van der Waals surface area contributed by atoms with Crippen molar-refractivity contribution in [2.24, 2.45) is 0 Å². The zero-order chi connectivity index (χ0) is 17.4. The number of halogens is 1. The van der Waals surface area contributed by atoms with Crippen LogP contribution in [-0.4, -0.2) is 30.6 Å². The number of Topliss-reactive ketones (excluding diaryl/α,β-unsaturated/α-hetero) is 1. The molecule has 0 spiro atoms. The number of carbonyl (C=O) groups excluding carboxylic acids is 2. The minimum atomic E-state index is -0.148. The molecule has 1 aromatic heterocycles. The minimum Gasteiger partial charge on any atom is -0.484 e. The Kier molecular flexibility index (Phi) is 7.81. The highest BCUT2D eigenvalue weighted by molar-refractivity contribution is 9.11. The van der Waals surface area contributed by atoms with E-state index in [-0.39, 0.29) is 18.3 Å². The number of thiophene rings is 1. The molecule has 2 rings (SSSR count). The van der Waals surface area contributed by atoms with E-state index in [1.54, 1.807) is 47.4 Å². The van der Waals surface area contributed by atoms with Gasteiger partial charge >= 0.3 is 0 Å². The first kappa shape index (κ1) is 19.0. The summed E-state index contributed by atoms with van der Waals surface area (Å²) in [5.41, 5.74) is 0.626. The second-order valence-electron chi connectivity index (χ2n) is 4.98. The highest BCUT2D eigenvalue weighted by Crippen LogP contribution is 2.25. The van der Waals surface area contributed by atoms with Crippen molar-refractivity contribution in [1.82, 2.24) is 5.32 Å². The number of hydrogen-bond acceptors (Lipinski definition) is 5. The lowest BCUT2D eigenvalue weighted by molar-refractivity contribution is -0.122. The SMILES string of the molecule is CC(=O)c1ccc(OCC(=O)NCCSCc2ccc(Br)s2)cc1. The molecule has 0 aliphatic rings. The summed E-state index contributed by atoms with van der Waals surface area (Å²) in [6.45, 7) is 2.10. The second-order valence-corrected chi connectivity index (χ2v) is 8.63. The van der Waals surface area contributed by atoms with Crippen LogP contribution >= 0.6 is 39.0 Å². The van der Waals surface area contributed by atoms with Gasteiger partial charge in [-0.25, -0.2) is 0 Å². The van der Waals surface area contributed by atoms with E-state index in [2.05, 4.69) is 27.3 Å². The molecular weight excluding hydrogens is 410 g/mol. The van der Waals surface area contributed by atoms with Crippen LogP contribution in [0.2, 0.25) is 0 Å². The van der Waals surface area contributed by atoms with Crippen molar-refractivity contribution >= 4 is 50.7 Å². The average molecular weight is 428 g/mol. The zero-order valence-corrected chi connectivity index (χ0v) is 16.4. The first-order chi connectivity index (χ1) is 11.5. The maximum Gasteiger partial charge on any atom is 0.257 e. The van der Waals surface area contributed by atoms with Crippen molar-refractivity contribution in [3.63, 3.8) is 0 Å². The van der Waals surface area contributed by atoms with Gasteiger partial charge in [0.15, 0.2) is 12.4 Å². The molecule has 0 saturated heterocycles. The van der Waals surface area contributed by atoms with Crippen LogP contribution in [0.1, 0.15) is 22.2 Å². The number of nitrogens with one attached hydrogen (secondary N) is 1. The highest BCUT2D eigenvalue weighted by atomic mass is 79.9. The summed E-state index contributed by atoms with van der Waals surface area (Å²) in [7, 11) is 0. The number of benzene rings is 1. The number of amides is 1. The first-order valence-electron chi connectivity index (χ1n) is 7.37. The molecule has 0 fully saturated rings. The monoisotopic (exact) mass is 427 g/mol. The summed E-state index contributed by atoms with van der Waals surface area (Å²) in [6, 6.07) is 10.9. The van der Waals surface area contributed by atoms with Crippen LogP contribution < -0.4 is 10.1 Å². The Labute approximate surface area is 158 Å². The van der Waals surface area contributed by atoms with Crippen molar-refractivity contribution in [2.75, 3.05) is 18.9 Å². The van der Waals surface area contributed by atoms with Gasteiger partial charge in [-0.2, -0.15) is 11.8 Å². The van der Waals surface area contributed by atoms with Gasteiger partial charge in [0.1, 0.15) is 5.75 Å². The van der Waals surface area contributed by atoms with Crippen LogP contribution in [0.3, 0.4) is 0 Å². The largest absolute Gasteiger partial charge is 0.484 e. The first-order valence-corrected chi connectivity index (χ1v) is 10.1. The van der Waals surface area contributed by atoms with Gasteiger partial charge in [0, 0.05) is 28.5 Å².